The van der Waals surface area contributed by atoms with E-state index < -0.39 is 16.1 Å². The molecular formula is C32H41N3O4S. The largest absolute Gasteiger partial charge is 0.354 e. The topological polar surface area (TPSA) is 86.8 Å². The summed E-state index contributed by atoms with van der Waals surface area (Å²) < 4.78 is 26.5. The Hall–Kier alpha value is -3.65. The molecule has 0 radical (unpaired) electrons. The van der Waals surface area contributed by atoms with E-state index in [1.165, 1.54) is 10.6 Å². The lowest BCUT2D eigenvalue weighted by atomic mass is 10.0. The zero-order valence-electron chi connectivity index (χ0n) is 23.9. The normalized spacial score (nSPS) is 12.1. The van der Waals surface area contributed by atoms with Crippen LogP contribution >= 0.6 is 0 Å². The molecule has 7 nitrogen and oxygen atoms in total. The molecular weight excluding hydrogens is 522 g/mol. The van der Waals surface area contributed by atoms with Gasteiger partial charge in [0.1, 0.15) is 6.04 Å². The molecule has 40 heavy (non-hydrogen) atoms. The lowest BCUT2D eigenvalue weighted by Gasteiger charge is -2.32. The number of nitrogens with zero attached hydrogens (tertiary/aromatic N) is 2. The first-order chi connectivity index (χ1) is 19.0. The predicted molar refractivity (Wildman–Crippen MR) is 161 cm³/mol. The summed E-state index contributed by atoms with van der Waals surface area (Å²) in [6.07, 6.45) is 1.97. The molecule has 2 amide bonds. The van der Waals surface area contributed by atoms with Gasteiger partial charge in [0, 0.05) is 32.5 Å². The van der Waals surface area contributed by atoms with Crippen molar-refractivity contribution in [1.82, 2.24) is 10.2 Å². The van der Waals surface area contributed by atoms with Crippen LogP contribution in [0.4, 0.5) is 5.69 Å². The van der Waals surface area contributed by atoms with Gasteiger partial charge in [0.05, 0.1) is 11.9 Å². The fourth-order valence-corrected chi connectivity index (χ4v) is 5.50. The number of nitrogens with one attached hydrogen (secondary N) is 1. The molecule has 0 aromatic heterocycles. The van der Waals surface area contributed by atoms with Gasteiger partial charge < -0.3 is 10.2 Å². The molecule has 1 unspecified atom stereocenters. The van der Waals surface area contributed by atoms with Crippen LogP contribution in [-0.2, 0) is 32.6 Å². The van der Waals surface area contributed by atoms with Crippen molar-refractivity contribution < 1.29 is 18.0 Å². The Kier molecular flexibility index (Phi) is 11.3. The predicted octanol–water partition coefficient (Wildman–Crippen LogP) is 4.95. The molecule has 0 aliphatic carbocycles. The summed E-state index contributed by atoms with van der Waals surface area (Å²) in [5.41, 5.74) is 3.40. The molecule has 8 heteroatoms. The maximum atomic E-state index is 13.8. The molecule has 0 heterocycles. The molecule has 0 aliphatic rings. The minimum absolute atomic E-state index is 0.105. The van der Waals surface area contributed by atoms with Crippen LogP contribution in [0.1, 0.15) is 43.4 Å². The van der Waals surface area contributed by atoms with Gasteiger partial charge >= 0.3 is 0 Å². The third kappa shape index (κ3) is 9.52. The van der Waals surface area contributed by atoms with Crippen molar-refractivity contribution >= 4 is 27.5 Å². The number of sulfonamides is 1. The van der Waals surface area contributed by atoms with E-state index in [-0.39, 0.29) is 37.2 Å². The van der Waals surface area contributed by atoms with E-state index in [0.29, 0.717) is 25.1 Å². The Bertz CT molecular complexity index is 1340. The fraction of sp³-hybridized carbons (Fsp3) is 0.375. The van der Waals surface area contributed by atoms with Crippen molar-refractivity contribution in [3.63, 3.8) is 0 Å². The number of hydrogen-bond acceptors (Lipinski definition) is 4. The SMILES string of the molecule is Cc1cccc(N(CCCC(=O)N(Cc2ccccc2)C(Cc2ccccc2)C(=O)NCC(C)C)S(C)(=O)=O)c1. The second-order valence-corrected chi connectivity index (χ2v) is 12.5. The average Bonchev–Trinajstić information content (AvgIpc) is 2.92. The molecule has 1 N–H and O–H groups in total. The minimum atomic E-state index is -3.54. The van der Waals surface area contributed by atoms with Crippen LogP contribution in [0, 0.1) is 12.8 Å². The first kappa shape index (κ1) is 30.9. The summed E-state index contributed by atoms with van der Waals surface area (Å²) in [7, 11) is -3.54. The quantitative estimate of drug-likeness (QED) is 0.301. The smallest absolute Gasteiger partial charge is 0.243 e. The molecule has 0 fully saturated rings. The third-order valence-electron chi connectivity index (χ3n) is 6.59. The lowest BCUT2D eigenvalue weighted by Crippen LogP contribution is -2.51. The van der Waals surface area contributed by atoms with Crippen LogP contribution in [0.15, 0.2) is 84.9 Å². The van der Waals surface area contributed by atoms with E-state index >= 15 is 0 Å². The molecule has 3 rings (SSSR count). The average molecular weight is 564 g/mol. The summed E-state index contributed by atoms with van der Waals surface area (Å²) >= 11 is 0. The third-order valence-corrected chi connectivity index (χ3v) is 7.79. The van der Waals surface area contributed by atoms with Gasteiger partial charge in [-0.15, -0.1) is 0 Å². The molecule has 3 aromatic rings. The van der Waals surface area contributed by atoms with Crippen molar-refractivity contribution in [2.75, 3.05) is 23.7 Å². The van der Waals surface area contributed by atoms with Crippen molar-refractivity contribution in [1.29, 1.82) is 0 Å². The molecule has 0 aliphatic heterocycles. The van der Waals surface area contributed by atoms with Gasteiger partial charge in [0.25, 0.3) is 0 Å². The van der Waals surface area contributed by atoms with Crippen molar-refractivity contribution in [3.05, 3.63) is 102 Å². The zero-order chi connectivity index (χ0) is 29.1. The summed E-state index contributed by atoms with van der Waals surface area (Å²) in [5, 5.41) is 3.02. The van der Waals surface area contributed by atoms with E-state index in [9.17, 15) is 18.0 Å². The molecule has 1 atom stereocenters. The highest BCUT2D eigenvalue weighted by atomic mass is 32.2. The number of carbonyl (C=O) groups excluding carboxylic acids is 2. The molecule has 0 bridgehead atoms. The number of aryl methyl sites for hydroxylation is 1. The Balaban J connectivity index is 1.85. The van der Waals surface area contributed by atoms with Gasteiger partial charge in [-0.25, -0.2) is 8.42 Å². The first-order valence-corrected chi connectivity index (χ1v) is 15.6. The molecule has 3 aromatic carbocycles. The van der Waals surface area contributed by atoms with Gasteiger partial charge in [-0.05, 0) is 48.1 Å². The van der Waals surface area contributed by atoms with E-state index in [1.54, 1.807) is 11.0 Å². The van der Waals surface area contributed by atoms with Gasteiger partial charge in [0.2, 0.25) is 21.8 Å². The number of carbonyl (C=O) groups is 2. The lowest BCUT2D eigenvalue weighted by molar-refractivity contribution is -0.141. The highest BCUT2D eigenvalue weighted by Gasteiger charge is 2.30. The summed E-state index contributed by atoms with van der Waals surface area (Å²) in [6, 6.07) is 25.9. The number of amides is 2. The van der Waals surface area contributed by atoms with E-state index in [0.717, 1.165) is 16.7 Å². The summed E-state index contributed by atoms with van der Waals surface area (Å²) in [4.78, 5) is 29.0. The maximum Gasteiger partial charge on any atom is 0.243 e. The van der Waals surface area contributed by atoms with Crippen LogP contribution < -0.4 is 9.62 Å². The van der Waals surface area contributed by atoms with Crippen molar-refractivity contribution in [2.24, 2.45) is 5.92 Å². The van der Waals surface area contributed by atoms with E-state index in [4.69, 9.17) is 0 Å². The Morgan fingerprint density at radius 1 is 0.875 bits per heavy atom. The van der Waals surface area contributed by atoms with Gasteiger partial charge in [-0.2, -0.15) is 0 Å². The minimum Gasteiger partial charge on any atom is -0.354 e. The number of benzene rings is 3. The van der Waals surface area contributed by atoms with Crippen LogP contribution in [0.3, 0.4) is 0 Å². The zero-order valence-corrected chi connectivity index (χ0v) is 24.7. The van der Waals surface area contributed by atoms with Crippen LogP contribution in [0.5, 0.6) is 0 Å². The summed E-state index contributed by atoms with van der Waals surface area (Å²) in [6.45, 7) is 6.92. The second-order valence-electron chi connectivity index (χ2n) is 10.6. The van der Waals surface area contributed by atoms with E-state index in [1.807, 2.05) is 99.6 Å². The number of rotatable bonds is 14. The van der Waals surface area contributed by atoms with Crippen LogP contribution in [0.2, 0.25) is 0 Å². The Labute approximate surface area is 239 Å². The monoisotopic (exact) mass is 563 g/mol. The fourth-order valence-electron chi connectivity index (χ4n) is 4.54. The molecule has 214 valence electrons. The van der Waals surface area contributed by atoms with Crippen molar-refractivity contribution in [2.45, 2.75) is 52.6 Å². The van der Waals surface area contributed by atoms with Crippen LogP contribution in [0.25, 0.3) is 0 Å². The second kappa shape index (κ2) is 14.7. The van der Waals surface area contributed by atoms with Gasteiger partial charge in [0.15, 0.2) is 0 Å². The standard InChI is InChI=1S/C32H41N3O4S/c1-25(2)23-33-32(37)30(22-27-14-7-5-8-15-27)34(24-28-16-9-6-10-17-28)31(36)19-12-20-35(40(4,38)39)29-18-11-13-26(3)21-29/h5-11,13-18,21,25,30H,12,19-20,22-24H2,1-4H3,(H,33,37). The maximum absolute atomic E-state index is 13.8. The van der Waals surface area contributed by atoms with Crippen molar-refractivity contribution in [3.8, 4) is 0 Å². The highest BCUT2D eigenvalue weighted by molar-refractivity contribution is 7.92. The van der Waals surface area contributed by atoms with Gasteiger partial charge in [-0.3, -0.25) is 13.9 Å². The molecule has 0 saturated heterocycles. The Morgan fingerprint density at radius 2 is 1.50 bits per heavy atom. The first-order valence-electron chi connectivity index (χ1n) is 13.7. The summed E-state index contributed by atoms with van der Waals surface area (Å²) in [5.74, 6) is -0.121. The molecule has 0 saturated carbocycles. The molecule has 0 spiro atoms. The van der Waals surface area contributed by atoms with Crippen LogP contribution in [-0.4, -0.2) is 50.5 Å². The highest BCUT2D eigenvalue weighted by Crippen LogP contribution is 2.21. The number of hydrogen-bond donors (Lipinski definition) is 1. The Morgan fingerprint density at radius 3 is 2.08 bits per heavy atom. The van der Waals surface area contributed by atoms with E-state index in [2.05, 4.69) is 5.32 Å². The number of anilines is 1. The van der Waals surface area contributed by atoms with Gasteiger partial charge in [-0.1, -0.05) is 86.6 Å².